The summed E-state index contributed by atoms with van der Waals surface area (Å²) in [5.74, 6) is -2.73. The summed E-state index contributed by atoms with van der Waals surface area (Å²) in [6, 6.07) is 55.1. The second kappa shape index (κ2) is 28.7. The maximum absolute atomic E-state index is 14.5. The molecule has 0 aliphatic heterocycles. The smallest absolute Gasteiger partial charge is 0.324 e. The lowest BCUT2D eigenvalue weighted by molar-refractivity contribution is -0.154. The van der Waals surface area contributed by atoms with E-state index in [9.17, 15) is 24.0 Å². The quantitative estimate of drug-likeness (QED) is 0.0362. The summed E-state index contributed by atoms with van der Waals surface area (Å²) in [6.07, 6.45) is 0.241. The Bertz CT molecular complexity index is 2210. The number of nitrogens with zero attached hydrogens (tertiary/aromatic N) is 3. The van der Waals surface area contributed by atoms with Crippen molar-refractivity contribution in [3.05, 3.63) is 215 Å². The SMILES string of the molecule is O=C(CN(CCN(CCN(CC(=O)OCc1ccccc1)CC(=O)OCc1ccccc1)[C@H](Cc1ccccc1)C(=O)OCc1ccccc1)CC(=O)OCc1ccccc1)OCc1ccccc1. The van der Waals surface area contributed by atoms with Gasteiger partial charge in [0, 0.05) is 26.2 Å². The monoisotopic (exact) mass is 933 g/mol. The van der Waals surface area contributed by atoms with Crippen LogP contribution in [0.25, 0.3) is 0 Å². The molecule has 1 atom stereocenters. The molecule has 6 rings (SSSR count). The van der Waals surface area contributed by atoms with Gasteiger partial charge in [0.1, 0.15) is 39.1 Å². The zero-order valence-electron chi connectivity index (χ0n) is 38.7. The second-order valence-corrected chi connectivity index (χ2v) is 16.3. The molecule has 0 bridgehead atoms. The third-order valence-electron chi connectivity index (χ3n) is 11.0. The van der Waals surface area contributed by atoms with Crippen molar-refractivity contribution in [2.75, 3.05) is 52.4 Å². The maximum Gasteiger partial charge on any atom is 0.324 e. The van der Waals surface area contributed by atoms with Crippen LogP contribution in [0, 0.1) is 0 Å². The fourth-order valence-corrected chi connectivity index (χ4v) is 7.28. The molecule has 358 valence electrons. The van der Waals surface area contributed by atoms with Crippen molar-refractivity contribution in [2.24, 2.45) is 0 Å². The van der Waals surface area contributed by atoms with Gasteiger partial charge < -0.3 is 23.7 Å². The largest absolute Gasteiger partial charge is 0.460 e. The molecular formula is C56H59N3O10. The fraction of sp³-hybridized carbons (Fsp3) is 0.268. The lowest BCUT2D eigenvalue weighted by atomic mass is 10.0. The van der Waals surface area contributed by atoms with Crippen LogP contribution in [0.1, 0.15) is 33.4 Å². The normalized spacial score (nSPS) is 11.5. The summed E-state index contributed by atoms with van der Waals surface area (Å²) in [6.45, 7) is -0.324. The zero-order valence-corrected chi connectivity index (χ0v) is 38.7. The number of carbonyl (C=O) groups excluding carboxylic acids is 5. The van der Waals surface area contributed by atoms with Gasteiger partial charge in [0.2, 0.25) is 0 Å². The van der Waals surface area contributed by atoms with Crippen LogP contribution in [-0.4, -0.2) is 103 Å². The number of hydrogen-bond donors (Lipinski definition) is 0. The average Bonchev–Trinajstić information content (AvgIpc) is 3.39. The fourth-order valence-electron chi connectivity index (χ4n) is 7.28. The first-order valence-electron chi connectivity index (χ1n) is 23.0. The molecule has 0 fully saturated rings. The van der Waals surface area contributed by atoms with E-state index in [1.807, 2.05) is 187 Å². The van der Waals surface area contributed by atoms with Crippen LogP contribution < -0.4 is 0 Å². The van der Waals surface area contributed by atoms with Gasteiger partial charge in [-0.3, -0.25) is 38.7 Å². The Kier molecular flexibility index (Phi) is 21.2. The highest BCUT2D eigenvalue weighted by atomic mass is 16.5. The molecule has 0 aromatic heterocycles. The van der Waals surface area contributed by atoms with Gasteiger partial charge in [-0.25, -0.2) is 0 Å². The third-order valence-corrected chi connectivity index (χ3v) is 11.0. The molecule has 6 aromatic carbocycles. The molecule has 0 heterocycles. The zero-order chi connectivity index (χ0) is 48.3. The van der Waals surface area contributed by atoms with Crippen LogP contribution in [0.4, 0.5) is 0 Å². The van der Waals surface area contributed by atoms with E-state index in [0.717, 1.165) is 33.4 Å². The molecule has 0 unspecified atom stereocenters. The minimum Gasteiger partial charge on any atom is -0.460 e. The summed E-state index contributed by atoms with van der Waals surface area (Å²) in [5, 5.41) is 0. The molecule has 0 radical (unpaired) electrons. The maximum atomic E-state index is 14.5. The van der Waals surface area contributed by atoms with Crippen molar-refractivity contribution >= 4 is 29.8 Å². The Morgan fingerprint density at radius 1 is 0.319 bits per heavy atom. The first-order valence-corrected chi connectivity index (χ1v) is 23.0. The molecule has 6 aromatic rings. The van der Waals surface area contributed by atoms with E-state index in [2.05, 4.69) is 0 Å². The molecule has 0 aliphatic rings. The van der Waals surface area contributed by atoms with E-state index in [1.165, 1.54) is 0 Å². The van der Waals surface area contributed by atoms with Gasteiger partial charge in [-0.15, -0.1) is 0 Å². The molecule has 13 heteroatoms. The number of hydrogen-bond acceptors (Lipinski definition) is 13. The minimum atomic E-state index is -0.884. The molecule has 0 saturated heterocycles. The van der Waals surface area contributed by atoms with Gasteiger partial charge in [-0.2, -0.15) is 0 Å². The topological polar surface area (TPSA) is 141 Å². The van der Waals surface area contributed by atoms with Crippen LogP contribution in [0.2, 0.25) is 0 Å². The van der Waals surface area contributed by atoms with Gasteiger partial charge in [-0.1, -0.05) is 182 Å². The van der Waals surface area contributed by atoms with E-state index >= 15 is 0 Å². The molecule has 13 nitrogen and oxygen atoms in total. The summed E-state index contributed by atoms with van der Waals surface area (Å²) in [5.41, 5.74) is 4.89. The van der Waals surface area contributed by atoms with Gasteiger partial charge in [0.05, 0.1) is 26.2 Å². The summed E-state index contributed by atoms with van der Waals surface area (Å²) in [7, 11) is 0. The van der Waals surface area contributed by atoms with Gasteiger partial charge >= 0.3 is 29.8 Å². The molecule has 0 amide bonds. The van der Waals surface area contributed by atoms with Crippen molar-refractivity contribution in [1.29, 1.82) is 0 Å². The first-order chi connectivity index (χ1) is 33.8. The van der Waals surface area contributed by atoms with Gasteiger partial charge in [-0.05, 0) is 39.8 Å². The van der Waals surface area contributed by atoms with Crippen molar-refractivity contribution in [2.45, 2.75) is 45.5 Å². The van der Waals surface area contributed by atoms with Crippen LogP contribution >= 0.6 is 0 Å². The van der Waals surface area contributed by atoms with Crippen LogP contribution in [-0.2, 0) is 87.1 Å². The van der Waals surface area contributed by atoms with Crippen molar-refractivity contribution < 1.29 is 47.7 Å². The van der Waals surface area contributed by atoms with Crippen LogP contribution in [0.5, 0.6) is 0 Å². The van der Waals surface area contributed by atoms with E-state index in [1.54, 1.807) is 9.80 Å². The van der Waals surface area contributed by atoms with Gasteiger partial charge in [0.15, 0.2) is 0 Å². The summed E-state index contributed by atoms with van der Waals surface area (Å²) < 4.78 is 28.6. The predicted octanol–water partition coefficient (Wildman–Crippen LogP) is 7.22. The van der Waals surface area contributed by atoms with Crippen molar-refractivity contribution in [3.8, 4) is 0 Å². The van der Waals surface area contributed by atoms with Crippen molar-refractivity contribution in [3.63, 3.8) is 0 Å². The predicted molar refractivity (Wildman–Crippen MR) is 260 cm³/mol. The molecule has 69 heavy (non-hydrogen) atoms. The van der Waals surface area contributed by atoms with E-state index in [0.29, 0.717) is 0 Å². The second-order valence-electron chi connectivity index (χ2n) is 16.3. The highest BCUT2D eigenvalue weighted by Crippen LogP contribution is 2.15. The van der Waals surface area contributed by atoms with Crippen LogP contribution in [0.3, 0.4) is 0 Å². The van der Waals surface area contributed by atoms with Gasteiger partial charge in [0.25, 0.3) is 0 Å². The molecular weight excluding hydrogens is 875 g/mol. The molecule has 0 saturated carbocycles. The minimum absolute atomic E-state index is 0.0259. The number of rotatable bonds is 28. The van der Waals surface area contributed by atoms with Crippen LogP contribution in [0.15, 0.2) is 182 Å². The Hall–Kier alpha value is -7.45. The number of ether oxygens (including phenoxy) is 5. The Morgan fingerprint density at radius 3 is 0.841 bits per heavy atom. The number of esters is 5. The van der Waals surface area contributed by atoms with E-state index in [4.69, 9.17) is 23.7 Å². The molecule has 0 N–H and O–H groups in total. The third kappa shape index (κ3) is 19.4. The highest BCUT2D eigenvalue weighted by Gasteiger charge is 2.30. The summed E-state index contributed by atoms with van der Waals surface area (Å²) in [4.78, 5) is 73.4. The Labute approximate surface area is 404 Å². The van der Waals surface area contributed by atoms with E-state index < -0.39 is 35.9 Å². The standard InChI is InChI=1S/C56H59N3O10/c60-52(65-40-46-21-9-2-10-22-46)36-57(37-53(61)66-41-47-23-11-3-12-24-47)31-33-59(51(35-45-19-7-1-8-20-45)56(64)69-44-50-29-17-6-18-30-50)34-32-58(38-54(62)67-42-48-25-13-4-14-26-48)39-55(63)68-43-49-27-15-5-16-28-49/h1-30,51H,31-44H2/t51-/m1/s1. The Balaban J connectivity index is 1.25. The molecule has 0 aliphatic carbocycles. The van der Waals surface area contributed by atoms with Crippen molar-refractivity contribution in [1.82, 2.24) is 14.7 Å². The Morgan fingerprint density at radius 2 is 0.565 bits per heavy atom. The summed E-state index contributed by atoms with van der Waals surface area (Å²) >= 11 is 0. The number of benzene rings is 6. The lowest BCUT2D eigenvalue weighted by Gasteiger charge is -2.34. The number of carbonyl (C=O) groups is 5. The highest BCUT2D eigenvalue weighted by molar-refractivity contribution is 5.77. The average molecular weight is 934 g/mol. The lowest BCUT2D eigenvalue weighted by Crippen LogP contribution is -2.51. The first kappa shape index (κ1) is 51.0. The van der Waals surface area contributed by atoms with E-state index in [-0.39, 0.29) is 91.8 Å². The molecule has 0 spiro atoms.